The molecule has 2 fully saturated rings. The maximum Gasteiger partial charge on any atom is 0.227 e. The number of hydrogen-bond donors (Lipinski definition) is 0. The van der Waals surface area contributed by atoms with Gasteiger partial charge in [-0.05, 0) is 69.6 Å². The quantitative estimate of drug-likeness (QED) is 0.535. The fourth-order valence-electron chi connectivity index (χ4n) is 5.59. The third kappa shape index (κ3) is 5.15. The second kappa shape index (κ2) is 9.89. The maximum absolute atomic E-state index is 12.9. The minimum atomic E-state index is -0.149. The summed E-state index contributed by atoms with van der Waals surface area (Å²) in [4.78, 5) is 23.6. The molecular weight excluding hydrogens is 444 g/mol. The maximum atomic E-state index is 12.9. The molecule has 186 valence electrons. The van der Waals surface area contributed by atoms with Gasteiger partial charge in [-0.15, -0.1) is 0 Å². The Labute approximate surface area is 205 Å². The van der Waals surface area contributed by atoms with Crippen LogP contribution in [0.1, 0.15) is 54.9 Å². The molecule has 35 heavy (non-hydrogen) atoms. The highest BCUT2D eigenvalue weighted by molar-refractivity contribution is 5.76. The standard InChI is InChI=1S/C26H34N6O3/c1-18-22(19(2)31(3)29-18)4-5-24(33)32-13-9-26(10-14-32)17-20(8-15-34-26)16-23-28-25(30-35-23)21-6-11-27-12-7-21/h6-7,11-12,20H,4-5,8-10,13-17H2,1-3H3. The van der Waals surface area contributed by atoms with Gasteiger partial charge in [0.05, 0.1) is 11.3 Å². The highest BCUT2D eigenvalue weighted by atomic mass is 16.5. The zero-order valence-corrected chi connectivity index (χ0v) is 20.9. The van der Waals surface area contributed by atoms with Crippen LogP contribution in [0.3, 0.4) is 0 Å². The van der Waals surface area contributed by atoms with Gasteiger partial charge in [0.2, 0.25) is 17.6 Å². The lowest BCUT2D eigenvalue weighted by Crippen LogP contribution is -2.51. The summed E-state index contributed by atoms with van der Waals surface area (Å²) < 4.78 is 13.8. The number of carbonyl (C=O) groups is 1. The lowest BCUT2D eigenvalue weighted by atomic mass is 9.78. The van der Waals surface area contributed by atoms with Crippen molar-refractivity contribution in [2.24, 2.45) is 13.0 Å². The van der Waals surface area contributed by atoms with Gasteiger partial charge in [0.1, 0.15) is 0 Å². The molecule has 0 aliphatic carbocycles. The lowest BCUT2D eigenvalue weighted by Gasteiger charge is -2.46. The molecule has 0 N–H and O–H groups in total. The number of carbonyl (C=O) groups excluding carboxylic acids is 1. The van der Waals surface area contributed by atoms with Crippen LogP contribution in [0, 0.1) is 19.8 Å². The van der Waals surface area contributed by atoms with E-state index < -0.39 is 0 Å². The van der Waals surface area contributed by atoms with E-state index in [1.165, 1.54) is 5.56 Å². The zero-order chi connectivity index (χ0) is 24.4. The van der Waals surface area contributed by atoms with Crippen LogP contribution < -0.4 is 0 Å². The van der Waals surface area contributed by atoms with Gasteiger partial charge in [-0.3, -0.25) is 14.5 Å². The summed E-state index contributed by atoms with van der Waals surface area (Å²) in [7, 11) is 1.95. The molecule has 1 amide bonds. The van der Waals surface area contributed by atoms with E-state index in [9.17, 15) is 4.79 Å². The Bertz CT molecular complexity index is 1160. The normalized spacial score (nSPS) is 19.9. The number of rotatable bonds is 6. The van der Waals surface area contributed by atoms with Crippen molar-refractivity contribution in [3.63, 3.8) is 0 Å². The second-order valence-corrected chi connectivity index (χ2v) is 10.00. The number of pyridine rings is 1. The fourth-order valence-corrected chi connectivity index (χ4v) is 5.59. The first-order chi connectivity index (χ1) is 16.9. The van der Waals surface area contributed by atoms with Crippen molar-refractivity contribution in [3.8, 4) is 11.4 Å². The molecule has 2 aliphatic rings. The van der Waals surface area contributed by atoms with Gasteiger partial charge in [0, 0.05) is 63.2 Å². The van der Waals surface area contributed by atoms with E-state index in [0.29, 0.717) is 24.1 Å². The van der Waals surface area contributed by atoms with Gasteiger partial charge in [0.25, 0.3) is 0 Å². The number of hydrogen-bond acceptors (Lipinski definition) is 7. The molecule has 3 aromatic heterocycles. The smallest absolute Gasteiger partial charge is 0.227 e. The largest absolute Gasteiger partial charge is 0.375 e. The molecular formula is C26H34N6O3. The van der Waals surface area contributed by atoms with E-state index >= 15 is 0 Å². The van der Waals surface area contributed by atoms with Gasteiger partial charge in [-0.1, -0.05) is 5.16 Å². The predicted octanol–water partition coefficient (Wildman–Crippen LogP) is 3.45. The summed E-state index contributed by atoms with van der Waals surface area (Å²) in [6.45, 7) is 6.33. The van der Waals surface area contributed by atoms with Crippen molar-refractivity contribution in [1.29, 1.82) is 0 Å². The predicted molar refractivity (Wildman–Crippen MR) is 129 cm³/mol. The van der Waals surface area contributed by atoms with Gasteiger partial charge in [-0.25, -0.2) is 0 Å². The van der Waals surface area contributed by atoms with Gasteiger partial charge in [-0.2, -0.15) is 10.1 Å². The molecule has 1 unspecified atom stereocenters. The highest BCUT2D eigenvalue weighted by Crippen LogP contribution is 2.39. The van der Waals surface area contributed by atoms with E-state index in [-0.39, 0.29) is 11.5 Å². The monoisotopic (exact) mass is 478 g/mol. The van der Waals surface area contributed by atoms with Crippen LogP contribution in [-0.2, 0) is 29.4 Å². The summed E-state index contributed by atoms with van der Waals surface area (Å²) in [6, 6.07) is 3.76. The molecule has 5 heterocycles. The molecule has 0 bridgehead atoms. The summed E-state index contributed by atoms with van der Waals surface area (Å²) in [5.41, 5.74) is 4.12. The van der Waals surface area contributed by atoms with E-state index in [2.05, 4.69) is 27.1 Å². The van der Waals surface area contributed by atoms with Crippen LogP contribution in [-0.4, -0.2) is 61.0 Å². The van der Waals surface area contributed by atoms with E-state index in [0.717, 1.165) is 75.2 Å². The van der Waals surface area contributed by atoms with Gasteiger partial charge < -0.3 is 14.2 Å². The third-order valence-corrected chi connectivity index (χ3v) is 7.74. The van der Waals surface area contributed by atoms with Crippen LogP contribution in [0.4, 0.5) is 0 Å². The average molecular weight is 479 g/mol. The molecule has 2 saturated heterocycles. The van der Waals surface area contributed by atoms with Crippen LogP contribution in [0.5, 0.6) is 0 Å². The number of aryl methyl sites for hydroxylation is 2. The Hall–Kier alpha value is -3.07. The van der Waals surface area contributed by atoms with Crippen LogP contribution in [0.25, 0.3) is 11.4 Å². The van der Waals surface area contributed by atoms with Gasteiger partial charge in [0.15, 0.2) is 0 Å². The number of piperidine rings is 1. The first kappa shape index (κ1) is 23.7. The number of amides is 1. The molecule has 0 aromatic carbocycles. The van der Waals surface area contributed by atoms with E-state index in [4.69, 9.17) is 9.26 Å². The Morgan fingerprint density at radius 1 is 1.20 bits per heavy atom. The minimum absolute atomic E-state index is 0.149. The molecule has 0 saturated carbocycles. The Morgan fingerprint density at radius 3 is 2.69 bits per heavy atom. The molecule has 2 aliphatic heterocycles. The van der Waals surface area contributed by atoms with Crippen molar-refractivity contribution < 1.29 is 14.1 Å². The summed E-state index contributed by atoms with van der Waals surface area (Å²) in [5.74, 6) is 1.94. The second-order valence-electron chi connectivity index (χ2n) is 10.00. The van der Waals surface area contributed by atoms with Gasteiger partial charge >= 0.3 is 0 Å². The number of ether oxygens (including phenoxy) is 1. The first-order valence-electron chi connectivity index (χ1n) is 12.6. The summed E-state index contributed by atoms with van der Waals surface area (Å²) in [6.07, 6.45) is 9.21. The number of nitrogens with zero attached hydrogens (tertiary/aromatic N) is 6. The Kier molecular flexibility index (Phi) is 6.69. The molecule has 9 nitrogen and oxygen atoms in total. The number of likely N-dealkylation sites (tertiary alicyclic amines) is 1. The van der Waals surface area contributed by atoms with Crippen LogP contribution in [0.15, 0.2) is 29.0 Å². The van der Waals surface area contributed by atoms with Crippen LogP contribution >= 0.6 is 0 Å². The average Bonchev–Trinajstić information content (AvgIpc) is 3.42. The summed E-state index contributed by atoms with van der Waals surface area (Å²) in [5, 5.41) is 8.61. The minimum Gasteiger partial charge on any atom is -0.375 e. The van der Waals surface area contributed by atoms with Crippen molar-refractivity contribution in [1.82, 2.24) is 29.8 Å². The van der Waals surface area contributed by atoms with Crippen molar-refractivity contribution >= 4 is 5.91 Å². The molecule has 1 atom stereocenters. The zero-order valence-electron chi connectivity index (χ0n) is 20.9. The third-order valence-electron chi connectivity index (χ3n) is 7.74. The summed E-state index contributed by atoms with van der Waals surface area (Å²) >= 11 is 0. The number of aromatic nitrogens is 5. The first-order valence-corrected chi connectivity index (χ1v) is 12.6. The van der Waals surface area contributed by atoms with Crippen molar-refractivity contribution in [2.75, 3.05) is 19.7 Å². The molecule has 3 aromatic rings. The Morgan fingerprint density at radius 2 is 1.97 bits per heavy atom. The highest BCUT2D eigenvalue weighted by Gasteiger charge is 2.41. The fraction of sp³-hybridized carbons (Fsp3) is 0.577. The molecule has 1 spiro atoms. The van der Waals surface area contributed by atoms with Crippen LogP contribution in [0.2, 0.25) is 0 Å². The lowest BCUT2D eigenvalue weighted by molar-refractivity contribution is -0.147. The van der Waals surface area contributed by atoms with E-state index in [1.807, 2.05) is 35.7 Å². The topological polar surface area (TPSA) is 99.2 Å². The van der Waals surface area contributed by atoms with Crippen molar-refractivity contribution in [3.05, 3.63) is 47.4 Å². The molecule has 0 radical (unpaired) electrons. The molecule has 5 rings (SSSR count). The van der Waals surface area contributed by atoms with E-state index in [1.54, 1.807) is 12.4 Å². The SMILES string of the molecule is Cc1nn(C)c(C)c1CCC(=O)N1CCC2(CC1)CC(Cc1nc(-c3ccncc3)no1)CCO2. The van der Waals surface area contributed by atoms with Crippen molar-refractivity contribution in [2.45, 2.75) is 64.4 Å². The Balaban J connectivity index is 1.13. The molecule has 9 heteroatoms.